The second kappa shape index (κ2) is 7.77. The summed E-state index contributed by atoms with van der Waals surface area (Å²) in [5.41, 5.74) is 0.958. The van der Waals surface area contributed by atoms with Gasteiger partial charge in [-0.1, -0.05) is 12.1 Å². The van der Waals surface area contributed by atoms with Crippen molar-refractivity contribution in [2.45, 2.75) is 25.4 Å². The van der Waals surface area contributed by atoms with Crippen LogP contribution in [0.3, 0.4) is 0 Å². The molecule has 1 aromatic rings. The molecule has 130 valence electrons. The van der Waals surface area contributed by atoms with E-state index in [1.54, 1.807) is 18.2 Å². The summed E-state index contributed by atoms with van der Waals surface area (Å²) in [6, 6.07) is 6.81. The van der Waals surface area contributed by atoms with E-state index in [1.165, 1.54) is 18.2 Å². The van der Waals surface area contributed by atoms with Crippen molar-refractivity contribution in [2.24, 2.45) is 10.7 Å². The van der Waals surface area contributed by atoms with Gasteiger partial charge in [0.05, 0.1) is 11.8 Å². The third-order valence-electron chi connectivity index (χ3n) is 3.65. The predicted octanol–water partition coefficient (Wildman–Crippen LogP) is 2.24. The molecule has 0 saturated carbocycles. The van der Waals surface area contributed by atoms with Gasteiger partial charge in [-0.15, -0.1) is 0 Å². The van der Waals surface area contributed by atoms with E-state index in [0.717, 1.165) is 5.56 Å². The Labute approximate surface area is 139 Å². The van der Waals surface area contributed by atoms with Crippen LogP contribution in [0.2, 0.25) is 0 Å². The summed E-state index contributed by atoms with van der Waals surface area (Å²) in [5.74, 6) is -0.696. The molecular formula is C16H20NO6P. The summed E-state index contributed by atoms with van der Waals surface area (Å²) >= 11 is 0. The fourth-order valence-electron chi connectivity index (χ4n) is 2.57. The van der Waals surface area contributed by atoms with E-state index in [9.17, 15) is 19.9 Å². The van der Waals surface area contributed by atoms with Crippen molar-refractivity contribution in [1.29, 1.82) is 0 Å². The Bertz CT molecular complexity index is 721. The second-order valence-corrected chi connectivity index (χ2v) is 6.84. The zero-order valence-corrected chi connectivity index (χ0v) is 13.8. The standard InChI is InChI=1S/C16H20NO6P/c18-12-5-1-3-11(9-12)4-2-6-16(20)14-10-13(19)7-8-15(14)17-24(21,22)23/h1,3,5,7-10,14,16,18-20H,2,4,6H2,(H2,21,22,23)/b17-15+. The van der Waals surface area contributed by atoms with Crippen LogP contribution < -0.4 is 0 Å². The van der Waals surface area contributed by atoms with E-state index in [2.05, 4.69) is 4.76 Å². The fraction of sp³-hybridized carbons (Fsp3) is 0.312. The SMILES string of the molecule is O=P(O)(O)/N=C1\C=CC(O)=CC1C(O)CCCc1cccc(O)c1. The van der Waals surface area contributed by atoms with Crippen molar-refractivity contribution in [3.05, 3.63) is 53.8 Å². The minimum atomic E-state index is -4.62. The van der Waals surface area contributed by atoms with Crippen molar-refractivity contribution < 1.29 is 29.7 Å². The lowest BCUT2D eigenvalue weighted by Crippen LogP contribution is -2.27. The van der Waals surface area contributed by atoms with Crippen molar-refractivity contribution >= 4 is 13.5 Å². The summed E-state index contributed by atoms with van der Waals surface area (Å²) in [4.78, 5) is 18.0. The molecule has 1 aliphatic carbocycles. The van der Waals surface area contributed by atoms with Gasteiger partial charge < -0.3 is 25.1 Å². The molecule has 0 amide bonds. The number of nitrogens with zero attached hydrogens (tertiary/aromatic N) is 1. The molecule has 2 rings (SSSR count). The highest BCUT2D eigenvalue weighted by atomic mass is 31.2. The molecular weight excluding hydrogens is 333 g/mol. The number of aliphatic hydroxyl groups excluding tert-OH is 2. The quantitative estimate of drug-likeness (QED) is 0.499. The number of hydrogen-bond acceptors (Lipinski definition) is 4. The number of aromatic hydroxyl groups is 1. The van der Waals surface area contributed by atoms with Gasteiger partial charge >= 0.3 is 7.75 Å². The van der Waals surface area contributed by atoms with Crippen LogP contribution in [-0.2, 0) is 11.0 Å². The first-order chi connectivity index (χ1) is 11.2. The normalized spacial score (nSPS) is 20.9. The van der Waals surface area contributed by atoms with Crippen molar-refractivity contribution in [1.82, 2.24) is 0 Å². The zero-order valence-electron chi connectivity index (χ0n) is 12.9. The number of allylic oxidation sites excluding steroid dienone is 2. The van der Waals surface area contributed by atoms with E-state index in [-0.39, 0.29) is 17.2 Å². The van der Waals surface area contributed by atoms with E-state index in [0.29, 0.717) is 19.3 Å². The molecule has 7 nitrogen and oxygen atoms in total. The average molecular weight is 353 g/mol. The predicted molar refractivity (Wildman–Crippen MR) is 89.9 cm³/mol. The molecule has 8 heteroatoms. The van der Waals surface area contributed by atoms with Gasteiger partial charge in [0.25, 0.3) is 0 Å². The van der Waals surface area contributed by atoms with Crippen LogP contribution in [0.1, 0.15) is 18.4 Å². The van der Waals surface area contributed by atoms with Gasteiger partial charge in [0.15, 0.2) is 0 Å². The van der Waals surface area contributed by atoms with Crippen LogP contribution in [0.5, 0.6) is 5.75 Å². The van der Waals surface area contributed by atoms with Gasteiger partial charge in [-0.2, -0.15) is 4.76 Å². The second-order valence-electron chi connectivity index (χ2n) is 5.62. The molecule has 1 aliphatic rings. The molecule has 5 N–H and O–H groups in total. The lowest BCUT2D eigenvalue weighted by atomic mass is 9.89. The van der Waals surface area contributed by atoms with Crippen LogP contribution in [0.25, 0.3) is 0 Å². The Balaban J connectivity index is 2.01. The maximum atomic E-state index is 11.1. The first kappa shape index (κ1) is 18.4. The largest absolute Gasteiger partial charge is 0.508 e. The Hall–Kier alpha value is -1.92. The lowest BCUT2D eigenvalue weighted by molar-refractivity contribution is 0.142. The summed E-state index contributed by atoms with van der Waals surface area (Å²) in [6.45, 7) is 0. The molecule has 0 spiro atoms. The van der Waals surface area contributed by atoms with Gasteiger partial charge in [-0.05, 0) is 55.2 Å². The van der Waals surface area contributed by atoms with Crippen LogP contribution >= 0.6 is 7.75 Å². The minimum Gasteiger partial charge on any atom is -0.508 e. The maximum absolute atomic E-state index is 11.1. The van der Waals surface area contributed by atoms with Crippen LogP contribution in [0, 0.1) is 5.92 Å². The van der Waals surface area contributed by atoms with Gasteiger partial charge in [-0.3, -0.25) is 0 Å². The third kappa shape index (κ3) is 5.62. The van der Waals surface area contributed by atoms with Crippen molar-refractivity contribution in [3.8, 4) is 5.75 Å². The number of rotatable bonds is 6. The van der Waals surface area contributed by atoms with Crippen molar-refractivity contribution in [3.63, 3.8) is 0 Å². The molecule has 2 atom stereocenters. The number of aliphatic hydroxyl groups is 2. The molecule has 24 heavy (non-hydrogen) atoms. The summed E-state index contributed by atoms with van der Waals surface area (Å²) < 4.78 is 14.4. The highest BCUT2D eigenvalue weighted by molar-refractivity contribution is 7.50. The summed E-state index contributed by atoms with van der Waals surface area (Å²) in [5, 5.41) is 29.3. The van der Waals surface area contributed by atoms with Gasteiger partial charge in [0, 0.05) is 5.92 Å². The summed E-state index contributed by atoms with van der Waals surface area (Å²) in [6.07, 6.45) is 4.52. The Kier molecular flexibility index (Phi) is 5.96. The monoisotopic (exact) mass is 353 g/mol. The van der Waals surface area contributed by atoms with E-state index in [1.807, 2.05) is 6.07 Å². The smallest absolute Gasteiger partial charge is 0.448 e. The highest BCUT2D eigenvalue weighted by Crippen LogP contribution is 2.38. The van der Waals surface area contributed by atoms with Crippen LogP contribution in [0.4, 0.5) is 0 Å². The lowest BCUT2D eigenvalue weighted by Gasteiger charge is -2.23. The maximum Gasteiger partial charge on any atom is 0.448 e. The molecule has 0 bridgehead atoms. The van der Waals surface area contributed by atoms with Crippen LogP contribution in [0.15, 0.2) is 53.0 Å². The molecule has 2 unspecified atom stereocenters. The molecule has 0 fully saturated rings. The molecule has 0 aliphatic heterocycles. The van der Waals surface area contributed by atoms with Crippen LogP contribution in [-0.4, -0.2) is 36.9 Å². The van der Waals surface area contributed by atoms with Crippen molar-refractivity contribution in [2.75, 3.05) is 0 Å². The number of benzene rings is 1. The summed E-state index contributed by atoms with van der Waals surface area (Å²) in [7, 11) is -4.62. The molecule has 0 radical (unpaired) electrons. The molecule has 0 saturated heterocycles. The highest BCUT2D eigenvalue weighted by Gasteiger charge is 2.26. The van der Waals surface area contributed by atoms with E-state index >= 15 is 0 Å². The first-order valence-electron chi connectivity index (χ1n) is 7.45. The van der Waals surface area contributed by atoms with Gasteiger partial charge in [0.2, 0.25) is 0 Å². The Morgan fingerprint density at radius 3 is 2.62 bits per heavy atom. The Morgan fingerprint density at radius 2 is 1.96 bits per heavy atom. The average Bonchev–Trinajstić information content (AvgIpc) is 2.47. The minimum absolute atomic E-state index is 0.0333. The van der Waals surface area contributed by atoms with Gasteiger partial charge in [-0.25, -0.2) is 4.57 Å². The number of hydrogen-bond donors (Lipinski definition) is 5. The fourth-order valence-corrected chi connectivity index (χ4v) is 3.07. The molecule has 0 aromatic heterocycles. The van der Waals surface area contributed by atoms with E-state index < -0.39 is 19.8 Å². The first-order valence-corrected chi connectivity index (χ1v) is 9.01. The zero-order chi connectivity index (χ0) is 17.7. The topological polar surface area (TPSA) is 131 Å². The molecule has 0 heterocycles. The Morgan fingerprint density at radius 1 is 1.21 bits per heavy atom. The van der Waals surface area contributed by atoms with E-state index in [4.69, 9.17) is 9.79 Å². The number of aryl methyl sites for hydroxylation is 1. The molecule has 1 aromatic carbocycles. The number of phenols is 1. The van der Waals surface area contributed by atoms with Gasteiger partial charge in [0.1, 0.15) is 11.5 Å². The third-order valence-corrected chi connectivity index (χ3v) is 4.14. The number of phenolic OH excluding ortho intramolecular Hbond substituents is 1.